The molecule has 143 valence electrons. The van der Waals surface area contributed by atoms with Gasteiger partial charge >= 0.3 is 7.62 Å². The fourth-order valence-electron chi connectivity index (χ4n) is 2.59. The maximum atomic E-state index is 13.9. The van der Waals surface area contributed by atoms with Crippen LogP contribution < -0.4 is 5.23 Å². The van der Waals surface area contributed by atoms with Crippen molar-refractivity contribution in [3.05, 3.63) is 69.3 Å². The zero-order valence-corrected chi connectivity index (χ0v) is 12.4. The lowest BCUT2D eigenvalue weighted by Crippen LogP contribution is -2.24. The topological polar surface area (TPSA) is 21.3 Å². The van der Waals surface area contributed by atoms with Crippen LogP contribution in [-0.2, 0) is 4.65 Å². The Morgan fingerprint density at radius 2 is 0.852 bits per heavy atom. The summed E-state index contributed by atoms with van der Waals surface area (Å²) in [5, 5.41) is 1.93. The van der Waals surface area contributed by atoms with Crippen molar-refractivity contribution < 1.29 is 48.6 Å². The maximum Gasteiger partial charge on any atom is 0.396 e. The quantitative estimate of drug-likeness (QED) is 0.355. The van der Waals surface area contributed by atoms with E-state index >= 15 is 0 Å². The van der Waals surface area contributed by atoms with Gasteiger partial charge in [-0.05, 0) is 0 Å². The molecular weight excluding hydrogens is 399 g/mol. The summed E-state index contributed by atoms with van der Waals surface area (Å²) in [6, 6.07) is -2.19. The molecule has 1 aliphatic rings. The van der Waals surface area contributed by atoms with E-state index in [4.69, 9.17) is 0 Å². The Morgan fingerprint density at radius 1 is 0.519 bits per heavy atom. The molecule has 2 aromatic rings. The minimum atomic E-state index is -2.50. The second kappa shape index (κ2) is 6.71. The van der Waals surface area contributed by atoms with Gasteiger partial charge in [0.1, 0.15) is 0 Å². The number of nitrogens with one attached hydrogen (secondary N) is 1. The zero-order chi connectivity index (χ0) is 20.2. The van der Waals surface area contributed by atoms with Crippen LogP contribution in [0.3, 0.4) is 0 Å². The van der Waals surface area contributed by atoms with Gasteiger partial charge in [0.2, 0.25) is 11.6 Å². The van der Waals surface area contributed by atoms with Crippen LogP contribution in [0.15, 0.2) is 0 Å². The zero-order valence-electron chi connectivity index (χ0n) is 12.4. The summed E-state index contributed by atoms with van der Waals surface area (Å²) in [5.41, 5.74) is -3.25. The Morgan fingerprint density at radius 3 is 1.26 bits per heavy atom. The number of hydrogen-bond donors (Lipinski definition) is 1. The normalized spacial score (nSPS) is 19.5. The molecule has 2 nitrogen and oxygen atoms in total. The molecule has 1 fully saturated rings. The maximum absolute atomic E-state index is 13.9. The first-order valence-electron chi connectivity index (χ1n) is 6.85. The first-order valence-corrected chi connectivity index (χ1v) is 6.85. The second-order valence-corrected chi connectivity index (χ2v) is 5.29. The van der Waals surface area contributed by atoms with E-state index in [1.165, 1.54) is 0 Å². The lowest BCUT2D eigenvalue weighted by molar-refractivity contribution is 0.196. The van der Waals surface area contributed by atoms with Gasteiger partial charge < -0.3 is 9.88 Å². The van der Waals surface area contributed by atoms with Crippen molar-refractivity contribution in [3.63, 3.8) is 0 Å². The molecule has 13 heteroatoms. The minimum Gasteiger partial charge on any atom is -0.415 e. The molecule has 1 saturated heterocycles. The molecule has 2 aromatic carbocycles. The molecule has 0 unspecified atom stereocenters. The van der Waals surface area contributed by atoms with Gasteiger partial charge in [0, 0.05) is 5.56 Å². The van der Waals surface area contributed by atoms with Crippen LogP contribution in [0.25, 0.3) is 0 Å². The number of rotatable bonds is 2. The Balaban J connectivity index is 2.23. The predicted octanol–water partition coefficient (Wildman–Crippen LogP) is 4.01. The van der Waals surface area contributed by atoms with Crippen molar-refractivity contribution in [2.75, 3.05) is 0 Å². The van der Waals surface area contributed by atoms with Crippen LogP contribution in [0.1, 0.15) is 23.3 Å². The van der Waals surface area contributed by atoms with Gasteiger partial charge in [-0.3, -0.25) is 0 Å². The van der Waals surface area contributed by atoms with Crippen molar-refractivity contribution in [1.82, 2.24) is 5.23 Å². The van der Waals surface area contributed by atoms with E-state index in [9.17, 15) is 43.9 Å². The summed E-state index contributed by atoms with van der Waals surface area (Å²) in [6.45, 7) is 0. The standard InChI is InChI=1S/C14H3BF10NO/c16-3-1(4(17)8(21)11(24)7(3)20)13-14(27-15-26-13)2-5(18)9(22)12(25)10(23)6(2)19/h13-14,26H/t13-,14+/m0/s1. The number of benzene rings is 2. The van der Waals surface area contributed by atoms with Gasteiger partial charge in [-0.25, -0.2) is 43.9 Å². The first-order chi connectivity index (χ1) is 12.6. The van der Waals surface area contributed by atoms with Crippen molar-refractivity contribution in [2.45, 2.75) is 12.1 Å². The van der Waals surface area contributed by atoms with E-state index in [0.717, 1.165) is 0 Å². The predicted molar refractivity (Wildman–Crippen MR) is 67.9 cm³/mol. The van der Waals surface area contributed by atoms with Crippen LogP contribution in [0.5, 0.6) is 0 Å². The Bertz CT molecular complexity index is 819. The van der Waals surface area contributed by atoms with Gasteiger partial charge in [-0.2, -0.15) is 0 Å². The Hall–Kier alpha value is -2.28. The highest BCUT2D eigenvalue weighted by atomic mass is 19.2. The van der Waals surface area contributed by atoms with Gasteiger partial charge in [0.25, 0.3) is 0 Å². The second-order valence-electron chi connectivity index (χ2n) is 5.29. The third-order valence-electron chi connectivity index (χ3n) is 3.85. The fourth-order valence-corrected chi connectivity index (χ4v) is 2.59. The molecule has 27 heavy (non-hydrogen) atoms. The highest BCUT2D eigenvalue weighted by Crippen LogP contribution is 2.42. The van der Waals surface area contributed by atoms with Gasteiger partial charge in [0.05, 0.1) is 17.7 Å². The summed E-state index contributed by atoms with van der Waals surface area (Å²) >= 11 is 0. The molecule has 2 atom stereocenters. The highest BCUT2D eigenvalue weighted by molar-refractivity contribution is 6.24. The molecule has 1 aliphatic heterocycles. The average Bonchev–Trinajstić information content (AvgIpc) is 3.10. The lowest BCUT2D eigenvalue weighted by Gasteiger charge is -2.23. The van der Waals surface area contributed by atoms with Crippen LogP contribution in [0.2, 0.25) is 0 Å². The molecule has 1 heterocycles. The molecular formula is C14H3BF10NO. The number of hydrogen-bond acceptors (Lipinski definition) is 2. The van der Waals surface area contributed by atoms with Gasteiger partial charge in [0.15, 0.2) is 46.5 Å². The van der Waals surface area contributed by atoms with Crippen molar-refractivity contribution >= 4 is 7.62 Å². The first kappa shape index (κ1) is 19.5. The summed E-state index contributed by atoms with van der Waals surface area (Å²) in [5.74, 6) is -24.0. The van der Waals surface area contributed by atoms with E-state index in [2.05, 4.69) is 4.65 Å². The SMILES string of the molecule is Fc1c(F)c(F)c([C@H]2O[B]N[C@H]2c2c(F)c(F)c(F)c(F)c2F)c(F)c1F. The fraction of sp³-hybridized carbons (Fsp3) is 0.143. The van der Waals surface area contributed by atoms with Gasteiger partial charge in [-0.1, -0.05) is 0 Å². The largest absolute Gasteiger partial charge is 0.415 e. The van der Waals surface area contributed by atoms with Crippen molar-refractivity contribution in [3.8, 4) is 0 Å². The van der Waals surface area contributed by atoms with Crippen LogP contribution in [-0.4, -0.2) is 7.62 Å². The Kier molecular flexibility index (Phi) is 4.84. The summed E-state index contributed by atoms with van der Waals surface area (Å²) < 4.78 is 140. The third-order valence-corrected chi connectivity index (χ3v) is 3.85. The van der Waals surface area contributed by atoms with E-state index in [-0.39, 0.29) is 0 Å². The molecule has 0 aromatic heterocycles. The molecule has 3 rings (SSSR count). The number of halogens is 10. The van der Waals surface area contributed by atoms with E-state index in [1.54, 1.807) is 0 Å². The minimum absolute atomic E-state index is 0.450. The summed E-state index contributed by atoms with van der Waals surface area (Å²) in [4.78, 5) is 0. The van der Waals surface area contributed by atoms with Gasteiger partial charge in [-0.15, -0.1) is 0 Å². The smallest absolute Gasteiger partial charge is 0.396 e. The third kappa shape index (κ3) is 2.76. The molecule has 1 N–H and O–H groups in total. The Labute approximate surface area is 144 Å². The van der Waals surface area contributed by atoms with Crippen molar-refractivity contribution in [2.24, 2.45) is 0 Å². The molecule has 0 aliphatic carbocycles. The summed E-state index contributed by atoms with van der Waals surface area (Å²) in [7, 11) is 0.450. The average molecular weight is 402 g/mol. The van der Waals surface area contributed by atoms with Crippen LogP contribution >= 0.6 is 0 Å². The molecule has 0 amide bonds. The van der Waals surface area contributed by atoms with Crippen LogP contribution in [0.4, 0.5) is 43.9 Å². The highest BCUT2D eigenvalue weighted by Gasteiger charge is 2.43. The lowest BCUT2D eigenvalue weighted by atomic mass is 9.93. The van der Waals surface area contributed by atoms with Crippen LogP contribution in [0, 0.1) is 58.2 Å². The van der Waals surface area contributed by atoms with E-state index in [0.29, 0.717) is 7.62 Å². The molecule has 0 saturated carbocycles. The molecule has 1 radical (unpaired) electrons. The van der Waals surface area contributed by atoms with E-state index in [1.807, 2.05) is 5.23 Å². The summed E-state index contributed by atoms with van der Waals surface area (Å²) in [6.07, 6.45) is -2.33. The monoisotopic (exact) mass is 402 g/mol. The van der Waals surface area contributed by atoms with Crippen molar-refractivity contribution in [1.29, 1.82) is 0 Å². The molecule has 0 bridgehead atoms. The van der Waals surface area contributed by atoms with E-state index < -0.39 is 81.4 Å². The molecule has 0 spiro atoms.